The molecule has 3 nitrogen and oxygen atoms in total. The highest BCUT2D eigenvalue weighted by Gasteiger charge is 2.13. The minimum atomic E-state index is -0.286. The van der Waals surface area contributed by atoms with Crippen LogP contribution in [0.5, 0.6) is 0 Å². The minimum Gasteiger partial charge on any atom is -0.436 e. The van der Waals surface area contributed by atoms with Crippen molar-refractivity contribution < 1.29 is 8.81 Å². The predicted octanol–water partition coefficient (Wildman–Crippen LogP) is 3.60. The number of halogens is 1. The first kappa shape index (κ1) is 13.1. The summed E-state index contributed by atoms with van der Waals surface area (Å²) in [6.45, 7) is 5.58. The molecule has 2 N–H and O–H groups in total. The third kappa shape index (κ3) is 2.73. The molecule has 0 fully saturated rings. The minimum absolute atomic E-state index is 0.236. The second kappa shape index (κ2) is 5.12. The van der Waals surface area contributed by atoms with Gasteiger partial charge in [-0.3, -0.25) is 0 Å². The van der Waals surface area contributed by atoms with E-state index in [9.17, 15) is 4.39 Å². The number of aromatic nitrogens is 1. The monoisotopic (exact) mass is 266 g/mol. The Labute approximate surface area is 110 Å². The van der Waals surface area contributed by atoms with E-state index in [2.05, 4.69) is 4.98 Å². The molecule has 1 aromatic carbocycles. The molecule has 1 aromatic heterocycles. The third-order valence-electron chi connectivity index (χ3n) is 2.67. The quantitative estimate of drug-likeness (QED) is 0.922. The molecule has 0 aliphatic carbocycles. The first-order valence-corrected chi connectivity index (χ1v) is 6.46. The van der Waals surface area contributed by atoms with Crippen molar-refractivity contribution >= 4 is 11.8 Å². The van der Waals surface area contributed by atoms with Crippen molar-refractivity contribution in [2.45, 2.75) is 36.9 Å². The topological polar surface area (TPSA) is 52.0 Å². The van der Waals surface area contributed by atoms with Crippen LogP contribution in [0.3, 0.4) is 0 Å². The van der Waals surface area contributed by atoms with E-state index in [1.165, 1.54) is 23.9 Å². The maximum absolute atomic E-state index is 13.2. The van der Waals surface area contributed by atoms with E-state index in [0.29, 0.717) is 5.22 Å². The lowest BCUT2D eigenvalue weighted by Gasteiger charge is -2.10. The normalized spacial score (nSPS) is 12.7. The summed E-state index contributed by atoms with van der Waals surface area (Å²) in [5.74, 6) is 0.508. The van der Waals surface area contributed by atoms with Crippen molar-refractivity contribution in [3.63, 3.8) is 0 Å². The van der Waals surface area contributed by atoms with Crippen LogP contribution in [0.25, 0.3) is 0 Å². The average molecular weight is 266 g/mol. The molecule has 0 aliphatic rings. The van der Waals surface area contributed by atoms with Crippen LogP contribution in [0, 0.1) is 19.7 Å². The first-order chi connectivity index (χ1) is 8.47. The highest BCUT2D eigenvalue weighted by atomic mass is 32.2. The SMILES string of the molecule is Cc1nc(Sc2ccc(F)cc2[C@H](C)N)oc1C. The van der Waals surface area contributed by atoms with Crippen molar-refractivity contribution in [1.29, 1.82) is 0 Å². The third-order valence-corrected chi connectivity index (χ3v) is 3.61. The molecule has 0 unspecified atom stereocenters. The van der Waals surface area contributed by atoms with Crippen LogP contribution < -0.4 is 5.73 Å². The van der Waals surface area contributed by atoms with E-state index in [0.717, 1.165) is 21.9 Å². The largest absolute Gasteiger partial charge is 0.436 e. The maximum atomic E-state index is 13.2. The summed E-state index contributed by atoms with van der Waals surface area (Å²) in [6, 6.07) is 4.33. The predicted molar refractivity (Wildman–Crippen MR) is 69.1 cm³/mol. The van der Waals surface area contributed by atoms with Crippen LogP contribution in [0.1, 0.15) is 30.0 Å². The van der Waals surface area contributed by atoms with Gasteiger partial charge in [0.2, 0.25) is 0 Å². The van der Waals surface area contributed by atoms with Crippen LogP contribution in [0.2, 0.25) is 0 Å². The van der Waals surface area contributed by atoms with Crippen molar-refractivity contribution in [1.82, 2.24) is 4.98 Å². The van der Waals surface area contributed by atoms with E-state index in [4.69, 9.17) is 10.2 Å². The molecule has 2 aromatic rings. The fraction of sp³-hybridized carbons (Fsp3) is 0.308. The smallest absolute Gasteiger partial charge is 0.261 e. The number of nitrogens with zero attached hydrogens (tertiary/aromatic N) is 1. The Morgan fingerprint density at radius 3 is 2.67 bits per heavy atom. The van der Waals surface area contributed by atoms with Gasteiger partial charge in [0.15, 0.2) is 0 Å². The summed E-state index contributed by atoms with van der Waals surface area (Å²) < 4.78 is 18.7. The molecular weight excluding hydrogens is 251 g/mol. The van der Waals surface area contributed by atoms with Crippen LogP contribution in [0.4, 0.5) is 4.39 Å². The number of benzene rings is 1. The fourth-order valence-corrected chi connectivity index (χ4v) is 2.59. The van der Waals surface area contributed by atoms with Crippen LogP contribution in [0.15, 0.2) is 32.7 Å². The zero-order valence-corrected chi connectivity index (χ0v) is 11.3. The standard InChI is InChI=1S/C13H15FN2OS/c1-7(15)11-6-10(14)4-5-12(11)18-13-16-8(2)9(3)17-13/h4-7H,15H2,1-3H3/t7-/m0/s1. The van der Waals surface area contributed by atoms with Crippen molar-refractivity contribution in [2.75, 3.05) is 0 Å². The van der Waals surface area contributed by atoms with Gasteiger partial charge in [-0.15, -0.1) is 0 Å². The van der Waals surface area contributed by atoms with Gasteiger partial charge in [0.05, 0.1) is 5.69 Å². The Bertz CT molecular complexity index is 547. The lowest BCUT2D eigenvalue weighted by atomic mass is 10.1. The van der Waals surface area contributed by atoms with Crippen LogP contribution in [-0.4, -0.2) is 4.98 Å². The molecule has 0 saturated heterocycles. The molecule has 0 saturated carbocycles. The molecule has 18 heavy (non-hydrogen) atoms. The van der Waals surface area contributed by atoms with Gasteiger partial charge in [0, 0.05) is 10.9 Å². The van der Waals surface area contributed by atoms with Crippen LogP contribution >= 0.6 is 11.8 Å². The van der Waals surface area contributed by atoms with E-state index in [-0.39, 0.29) is 11.9 Å². The average Bonchev–Trinajstić information content (AvgIpc) is 2.60. The van der Waals surface area contributed by atoms with Crippen LogP contribution in [-0.2, 0) is 0 Å². The molecule has 0 radical (unpaired) electrons. The summed E-state index contributed by atoms with van der Waals surface area (Å²) in [5.41, 5.74) is 7.46. The Kier molecular flexibility index (Phi) is 3.73. The Morgan fingerprint density at radius 1 is 1.39 bits per heavy atom. The molecule has 96 valence electrons. The zero-order valence-electron chi connectivity index (χ0n) is 10.5. The number of hydrogen-bond acceptors (Lipinski definition) is 4. The Morgan fingerprint density at radius 2 is 2.11 bits per heavy atom. The van der Waals surface area contributed by atoms with E-state index in [1.807, 2.05) is 20.8 Å². The Hall–Kier alpha value is -1.33. The van der Waals surface area contributed by atoms with Crippen molar-refractivity contribution in [3.05, 3.63) is 41.0 Å². The number of oxazole rings is 1. The summed E-state index contributed by atoms with van der Waals surface area (Å²) in [5, 5.41) is 0.554. The fourth-order valence-electron chi connectivity index (χ4n) is 1.55. The number of nitrogens with two attached hydrogens (primary N) is 1. The highest BCUT2D eigenvalue weighted by Crippen LogP contribution is 2.33. The van der Waals surface area contributed by atoms with Gasteiger partial charge in [-0.2, -0.15) is 0 Å². The van der Waals surface area contributed by atoms with Gasteiger partial charge in [-0.1, -0.05) is 0 Å². The lowest BCUT2D eigenvalue weighted by molar-refractivity contribution is 0.431. The van der Waals surface area contributed by atoms with Gasteiger partial charge in [0.25, 0.3) is 5.22 Å². The van der Waals surface area contributed by atoms with Gasteiger partial charge in [-0.05, 0) is 56.3 Å². The molecule has 1 heterocycles. The second-order valence-corrected chi connectivity index (χ2v) is 5.19. The van der Waals surface area contributed by atoms with Gasteiger partial charge >= 0.3 is 0 Å². The second-order valence-electron chi connectivity index (χ2n) is 4.19. The number of hydrogen-bond donors (Lipinski definition) is 1. The van der Waals surface area contributed by atoms with Crippen molar-refractivity contribution in [3.8, 4) is 0 Å². The summed E-state index contributed by atoms with van der Waals surface area (Å²) in [4.78, 5) is 5.16. The van der Waals surface area contributed by atoms with Gasteiger partial charge in [-0.25, -0.2) is 9.37 Å². The van der Waals surface area contributed by atoms with E-state index >= 15 is 0 Å². The molecular formula is C13H15FN2OS. The summed E-state index contributed by atoms with van der Waals surface area (Å²) >= 11 is 1.36. The summed E-state index contributed by atoms with van der Waals surface area (Å²) in [6.07, 6.45) is 0. The Balaban J connectivity index is 2.33. The molecule has 0 bridgehead atoms. The zero-order chi connectivity index (χ0) is 13.3. The molecule has 2 rings (SSSR count). The molecule has 1 atom stereocenters. The van der Waals surface area contributed by atoms with Gasteiger partial charge in [0.1, 0.15) is 11.6 Å². The molecule has 5 heteroatoms. The summed E-state index contributed by atoms with van der Waals surface area (Å²) in [7, 11) is 0. The maximum Gasteiger partial charge on any atom is 0.261 e. The lowest BCUT2D eigenvalue weighted by Crippen LogP contribution is -2.06. The number of rotatable bonds is 3. The number of aryl methyl sites for hydroxylation is 2. The molecule has 0 spiro atoms. The van der Waals surface area contributed by atoms with Gasteiger partial charge < -0.3 is 10.2 Å². The van der Waals surface area contributed by atoms with E-state index < -0.39 is 0 Å². The highest BCUT2D eigenvalue weighted by molar-refractivity contribution is 7.99. The van der Waals surface area contributed by atoms with E-state index in [1.54, 1.807) is 6.07 Å². The molecule has 0 aliphatic heterocycles. The first-order valence-electron chi connectivity index (χ1n) is 5.64. The van der Waals surface area contributed by atoms with Crippen molar-refractivity contribution in [2.24, 2.45) is 5.73 Å². The molecule has 0 amide bonds.